The predicted octanol–water partition coefficient (Wildman–Crippen LogP) is 2.36. The average molecular weight is 337 g/mol. The van der Waals surface area contributed by atoms with Crippen LogP contribution in [0.5, 0.6) is 0 Å². The van der Waals surface area contributed by atoms with Gasteiger partial charge in [-0.2, -0.15) is 0 Å². The normalized spacial score (nSPS) is 13.4. The number of methoxy groups -OCH3 is 1. The van der Waals surface area contributed by atoms with Gasteiger partial charge >= 0.3 is 18.0 Å². The second-order valence-corrected chi connectivity index (χ2v) is 6.09. The first-order chi connectivity index (χ1) is 11.1. The molecule has 7 nitrogen and oxygen atoms in total. The van der Waals surface area contributed by atoms with E-state index in [9.17, 15) is 14.4 Å². The Morgan fingerprint density at radius 3 is 2.12 bits per heavy atom. The van der Waals surface area contributed by atoms with Gasteiger partial charge in [-0.05, 0) is 26.3 Å². The summed E-state index contributed by atoms with van der Waals surface area (Å²) in [5, 5.41) is 2.57. The number of nitrogens with one attached hydrogen (secondary N) is 1. The molecule has 1 N–H and O–H groups in total. The molecule has 2 atom stereocenters. The number of carbonyl (C=O) groups excluding carboxylic acids is 3. The lowest BCUT2D eigenvalue weighted by atomic mass is 10.0. The number of amides is 1. The lowest BCUT2D eigenvalue weighted by molar-refractivity contribution is -0.167. The third kappa shape index (κ3) is 6.28. The Bertz CT molecular complexity index is 578. The zero-order valence-electron chi connectivity index (χ0n) is 14.5. The van der Waals surface area contributed by atoms with Crippen LogP contribution in [0.15, 0.2) is 30.3 Å². The number of alkyl carbamates (subject to hydrolysis) is 1. The first kappa shape index (κ1) is 19.5. The lowest BCUT2D eigenvalue weighted by Crippen LogP contribution is -2.44. The standard InChI is InChI=1S/C17H23NO6/c1-11(19)23-14(15(20)22-5)13(12-9-7-6-8-10-12)18-16(21)24-17(2,3)4/h6-10,13-14H,1-5H3,(H,18,21)/t13-,14+/m1/s1. The molecule has 132 valence electrons. The van der Waals surface area contributed by atoms with Crippen LogP contribution in [0.4, 0.5) is 4.79 Å². The van der Waals surface area contributed by atoms with Crippen molar-refractivity contribution in [1.82, 2.24) is 5.32 Å². The second-order valence-electron chi connectivity index (χ2n) is 6.09. The molecule has 0 saturated carbocycles. The summed E-state index contributed by atoms with van der Waals surface area (Å²) in [6, 6.07) is 7.70. The molecule has 1 amide bonds. The summed E-state index contributed by atoms with van der Waals surface area (Å²) < 4.78 is 15.0. The Labute approximate surface area is 141 Å². The fourth-order valence-electron chi connectivity index (χ4n) is 1.98. The van der Waals surface area contributed by atoms with Crippen LogP contribution in [0.3, 0.4) is 0 Å². The first-order valence-corrected chi connectivity index (χ1v) is 7.43. The number of rotatable bonds is 5. The fourth-order valence-corrected chi connectivity index (χ4v) is 1.98. The highest BCUT2D eigenvalue weighted by atomic mass is 16.6. The maximum atomic E-state index is 12.1. The summed E-state index contributed by atoms with van der Waals surface area (Å²) in [4.78, 5) is 35.5. The molecule has 7 heteroatoms. The molecule has 0 heterocycles. The summed E-state index contributed by atoms with van der Waals surface area (Å²) in [7, 11) is 1.17. The minimum absolute atomic E-state index is 0.569. The molecule has 1 rings (SSSR count). The van der Waals surface area contributed by atoms with Crippen LogP contribution in [0.25, 0.3) is 0 Å². The zero-order chi connectivity index (χ0) is 18.3. The molecule has 0 aliphatic carbocycles. The Morgan fingerprint density at radius 1 is 1.08 bits per heavy atom. The van der Waals surface area contributed by atoms with E-state index in [1.807, 2.05) is 0 Å². The lowest BCUT2D eigenvalue weighted by Gasteiger charge is -2.27. The van der Waals surface area contributed by atoms with Crippen LogP contribution in [0.1, 0.15) is 39.3 Å². The van der Waals surface area contributed by atoms with Crippen molar-refractivity contribution in [2.75, 3.05) is 7.11 Å². The molecule has 0 unspecified atom stereocenters. The highest BCUT2D eigenvalue weighted by molar-refractivity contribution is 5.80. The Hall–Kier alpha value is -2.57. The van der Waals surface area contributed by atoms with Gasteiger partial charge in [0.2, 0.25) is 6.10 Å². The first-order valence-electron chi connectivity index (χ1n) is 7.43. The molecule has 0 spiro atoms. The maximum Gasteiger partial charge on any atom is 0.408 e. The molecule has 1 aromatic rings. The molecule has 0 fully saturated rings. The highest BCUT2D eigenvalue weighted by Crippen LogP contribution is 2.22. The number of hydrogen-bond donors (Lipinski definition) is 1. The van der Waals surface area contributed by atoms with Gasteiger partial charge in [0.15, 0.2) is 0 Å². The van der Waals surface area contributed by atoms with Gasteiger partial charge in [-0.15, -0.1) is 0 Å². The number of hydrogen-bond acceptors (Lipinski definition) is 6. The van der Waals surface area contributed by atoms with E-state index in [0.717, 1.165) is 0 Å². The van der Waals surface area contributed by atoms with Gasteiger partial charge in [0.05, 0.1) is 7.11 Å². The molecular weight excluding hydrogens is 314 g/mol. The fraction of sp³-hybridized carbons (Fsp3) is 0.471. The molecule has 0 radical (unpaired) electrons. The monoisotopic (exact) mass is 337 g/mol. The molecule has 0 bridgehead atoms. The molecule has 0 aliphatic rings. The third-order valence-electron chi connectivity index (χ3n) is 2.86. The van der Waals surface area contributed by atoms with E-state index >= 15 is 0 Å². The van der Waals surface area contributed by atoms with E-state index in [4.69, 9.17) is 9.47 Å². The third-order valence-corrected chi connectivity index (χ3v) is 2.86. The van der Waals surface area contributed by atoms with Gasteiger partial charge in [0, 0.05) is 6.92 Å². The van der Waals surface area contributed by atoms with Gasteiger partial charge < -0.3 is 19.5 Å². The van der Waals surface area contributed by atoms with E-state index in [2.05, 4.69) is 10.1 Å². The number of ether oxygens (including phenoxy) is 3. The number of benzene rings is 1. The Balaban J connectivity index is 3.14. The van der Waals surface area contributed by atoms with Crippen molar-refractivity contribution in [3.05, 3.63) is 35.9 Å². The molecule has 0 aromatic heterocycles. The Morgan fingerprint density at radius 2 is 1.67 bits per heavy atom. The smallest absolute Gasteiger partial charge is 0.408 e. The van der Waals surface area contributed by atoms with Crippen molar-refractivity contribution < 1.29 is 28.6 Å². The van der Waals surface area contributed by atoms with Crippen LogP contribution in [0.2, 0.25) is 0 Å². The minimum atomic E-state index is -1.33. The van der Waals surface area contributed by atoms with Gasteiger partial charge in [0.25, 0.3) is 0 Å². The molecular formula is C17H23NO6. The van der Waals surface area contributed by atoms with E-state index in [0.29, 0.717) is 5.56 Å². The van der Waals surface area contributed by atoms with Gasteiger partial charge in [-0.1, -0.05) is 30.3 Å². The quantitative estimate of drug-likeness (QED) is 0.655. The van der Waals surface area contributed by atoms with Crippen LogP contribution in [0, 0.1) is 0 Å². The van der Waals surface area contributed by atoms with E-state index in [-0.39, 0.29) is 0 Å². The summed E-state index contributed by atoms with van der Waals surface area (Å²) in [6.07, 6.45) is -2.07. The van der Waals surface area contributed by atoms with Gasteiger partial charge in [-0.25, -0.2) is 9.59 Å². The summed E-state index contributed by atoms with van der Waals surface area (Å²) >= 11 is 0. The van der Waals surface area contributed by atoms with Crippen molar-refractivity contribution >= 4 is 18.0 Å². The summed E-state index contributed by atoms with van der Waals surface area (Å²) in [5.41, 5.74) is -0.145. The molecule has 0 aliphatic heterocycles. The predicted molar refractivity (Wildman–Crippen MR) is 86.1 cm³/mol. The molecule has 24 heavy (non-hydrogen) atoms. The van der Waals surface area contributed by atoms with Gasteiger partial charge in [0.1, 0.15) is 11.6 Å². The SMILES string of the molecule is COC(=O)[C@@H](OC(C)=O)[C@H](NC(=O)OC(C)(C)C)c1ccccc1. The van der Waals surface area contributed by atoms with Crippen molar-refractivity contribution in [2.24, 2.45) is 0 Å². The van der Waals surface area contributed by atoms with E-state index in [1.54, 1.807) is 51.1 Å². The van der Waals surface area contributed by atoms with E-state index < -0.39 is 35.8 Å². The van der Waals surface area contributed by atoms with Gasteiger partial charge in [-0.3, -0.25) is 4.79 Å². The van der Waals surface area contributed by atoms with E-state index in [1.165, 1.54) is 14.0 Å². The topological polar surface area (TPSA) is 90.9 Å². The van der Waals surface area contributed by atoms with Crippen molar-refractivity contribution in [3.8, 4) is 0 Å². The van der Waals surface area contributed by atoms with Crippen molar-refractivity contribution in [3.63, 3.8) is 0 Å². The van der Waals surface area contributed by atoms with Crippen molar-refractivity contribution in [2.45, 2.75) is 45.4 Å². The van der Waals surface area contributed by atoms with Crippen LogP contribution in [-0.4, -0.2) is 36.8 Å². The Kier molecular flexibility index (Phi) is 6.76. The van der Waals surface area contributed by atoms with Crippen LogP contribution >= 0.6 is 0 Å². The molecule has 1 aromatic carbocycles. The maximum absolute atomic E-state index is 12.1. The summed E-state index contributed by atoms with van der Waals surface area (Å²) in [6.45, 7) is 6.32. The number of carbonyl (C=O) groups is 3. The largest absolute Gasteiger partial charge is 0.466 e. The molecule has 0 saturated heterocycles. The minimum Gasteiger partial charge on any atom is -0.466 e. The zero-order valence-corrected chi connectivity index (χ0v) is 14.5. The highest BCUT2D eigenvalue weighted by Gasteiger charge is 2.35. The van der Waals surface area contributed by atoms with Crippen LogP contribution in [-0.2, 0) is 23.8 Å². The number of esters is 2. The van der Waals surface area contributed by atoms with Crippen molar-refractivity contribution in [1.29, 1.82) is 0 Å². The van der Waals surface area contributed by atoms with Crippen LogP contribution < -0.4 is 5.32 Å². The second kappa shape index (κ2) is 8.33. The average Bonchev–Trinajstić information content (AvgIpc) is 2.48. The summed E-state index contributed by atoms with van der Waals surface area (Å²) in [5.74, 6) is -1.45.